The molecule has 2 nitrogen and oxygen atoms in total. The summed E-state index contributed by atoms with van der Waals surface area (Å²) in [5.41, 5.74) is 3.27. The fourth-order valence-corrected chi connectivity index (χ4v) is 2.00. The number of hydrogen-bond acceptors (Lipinski definition) is 1. The van der Waals surface area contributed by atoms with Gasteiger partial charge in [0.15, 0.2) is 0 Å². The molecular formula is C17H18FNO. The Hall–Kier alpha value is -2.16. The molecule has 0 aliphatic rings. The molecule has 0 bridgehead atoms. The lowest BCUT2D eigenvalue weighted by Crippen LogP contribution is -2.23. The Morgan fingerprint density at radius 2 is 1.80 bits per heavy atom. The molecule has 0 spiro atoms. The highest BCUT2D eigenvalue weighted by molar-refractivity contribution is 5.76. The number of carbonyl (C=O) groups excluding carboxylic acids is 1. The van der Waals surface area contributed by atoms with Gasteiger partial charge in [-0.3, -0.25) is 4.79 Å². The van der Waals surface area contributed by atoms with Crippen LogP contribution in [0.25, 0.3) is 0 Å². The average Bonchev–Trinajstić information content (AvgIpc) is 2.46. The standard InChI is InChI=1S/C17H18FNO/c1-13-4-2-3-5-15(13)12-19-17(20)11-8-14-6-9-16(18)10-7-14/h2-7,9-10H,8,11-12H2,1H3,(H,19,20). The molecule has 0 unspecified atom stereocenters. The number of amides is 1. The highest BCUT2D eigenvalue weighted by Crippen LogP contribution is 2.07. The molecule has 0 aliphatic carbocycles. The maximum atomic E-state index is 12.8. The lowest BCUT2D eigenvalue weighted by Gasteiger charge is -2.08. The molecule has 0 fully saturated rings. The summed E-state index contributed by atoms with van der Waals surface area (Å²) in [5.74, 6) is -0.240. The van der Waals surface area contributed by atoms with Gasteiger partial charge in [-0.2, -0.15) is 0 Å². The second-order valence-corrected chi connectivity index (χ2v) is 4.83. The highest BCUT2D eigenvalue weighted by atomic mass is 19.1. The Morgan fingerprint density at radius 1 is 1.10 bits per heavy atom. The Bertz CT molecular complexity index is 578. The topological polar surface area (TPSA) is 29.1 Å². The van der Waals surface area contributed by atoms with E-state index in [0.717, 1.165) is 11.1 Å². The summed E-state index contributed by atoms with van der Waals surface area (Å²) in [5, 5.41) is 2.91. The molecule has 0 radical (unpaired) electrons. The molecule has 0 atom stereocenters. The third kappa shape index (κ3) is 4.19. The van der Waals surface area contributed by atoms with Crippen LogP contribution in [0.1, 0.15) is 23.1 Å². The molecule has 0 saturated carbocycles. The average molecular weight is 271 g/mol. The minimum absolute atomic E-state index is 0.0116. The van der Waals surface area contributed by atoms with Crippen LogP contribution in [0.15, 0.2) is 48.5 Å². The Kier molecular flexibility index (Phi) is 4.88. The van der Waals surface area contributed by atoms with Crippen molar-refractivity contribution >= 4 is 5.91 Å². The van der Waals surface area contributed by atoms with E-state index in [4.69, 9.17) is 0 Å². The normalized spacial score (nSPS) is 10.3. The molecule has 0 saturated heterocycles. The fourth-order valence-electron chi connectivity index (χ4n) is 2.00. The van der Waals surface area contributed by atoms with Gasteiger partial charge in [0.2, 0.25) is 5.91 Å². The van der Waals surface area contributed by atoms with Gasteiger partial charge in [0, 0.05) is 13.0 Å². The van der Waals surface area contributed by atoms with Crippen LogP contribution in [-0.2, 0) is 17.8 Å². The van der Waals surface area contributed by atoms with E-state index in [1.165, 1.54) is 17.7 Å². The van der Waals surface area contributed by atoms with E-state index >= 15 is 0 Å². The van der Waals surface area contributed by atoms with Crippen molar-refractivity contribution in [3.8, 4) is 0 Å². The van der Waals surface area contributed by atoms with Crippen LogP contribution >= 0.6 is 0 Å². The van der Waals surface area contributed by atoms with E-state index in [1.54, 1.807) is 12.1 Å². The van der Waals surface area contributed by atoms with Gasteiger partial charge in [-0.05, 0) is 42.2 Å². The molecule has 0 aliphatic heterocycles. The zero-order valence-electron chi connectivity index (χ0n) is 11.5. The zero-order valence-corrected chi connectivity index (χ0v) is 11.5. The zero-order chi connectivity index (χ0) is 14.4. The predicted octanol–water partition coefficient (Wildman–Crippen LogP) is 3.38. The summed E-state index contributed by atoms with van der Waals surface area (Å²) in [7, 11) is 0. The summed E-state index contributed by atoms with van der Waals surface area (Å²) in [6.45, 7) is 2.58. The number of nitrogens with one attached hydrogen (secondary N) is 1. The van der Waals surface area contributed by atoms with Crippen LogP contribution in [0.4, 0.5) is 4.39 Å². The van der Waals surface area contributed by atoms with E-state index in [0.29, 0.717) is 19.4 Å². The number of carbonyl (C=O) groups is 1. The largest absolute Gasteiger partial charge is 0.352 e. The van der Waals surface area contributed by atoms with Crippen molar-refractivity contribution < 1.29 is 9.18 Å². The Morgan fingerprint density at radius 3 is 2.50 bits per heavy atom. The third-order valence-corrected chi connectivity index (χ3v) is 3.29. The molecule has 0 aromatic heterocycles. The first kappa shape index (κ1) is 14.3. The number of hydrogen-bond donors (Lipinski definition) is 1. The van der Waals surface area contributed by atoms with Crippen molar-refractivity contribution in [2.75, 3.05) is 0 Å². The maximum Gasteiger partial charge on any atom is 0.220 e. The summed E-state index contributed by atoms with van der Waals surface area (Å²) in [6.07, 6.45) is 1.04. The first-order valence-corrected chi connectivity index (χ1v) is 6.71. The van der Waals surface area contributed by atoms with Crippen molar-refractivity contribution in [3.63, 3.8) is 0 Å². The van der Waals surface area contributed by atoms with Crippen molar-refractivity contribution in [2.45, 2.75) is 26.3 Å². The predicted molar refractivity (Wildman–Crippen MR) is 77.7 cm³/mol. The van der Waals surface area contributed by atoms with E-state index in [-0.39, 0.29) is 11.7 Å². The van der Waals surface area contributed by atoms with Crippen LogP contribution in [0, 0.1) is 12.7 Å². The fraction of sp³-hybridized carbons (Fsp3) is 0.235. The first-order valence-electron chi connectivity index (χ1n) is 6.71. The number of rotatable bonds is 5. The van der Waals surface area contributed by atoms with Gasteiger partial charge in [-0.25, -0.2) is 4.39 Å². The quantitative estimate of drug-likeness (QED) is 0.887. The van der Waals surface area contributed by atoms with Crippen LogP contribution in [0.3, 0.4) is 0 Å². The minimum atomic E-state index is -0.252. The van der Waals surface area contributed by atoms with E-state index in [1.807, 2.05) is 31.2 Å². The monoisotopic (exact) mass is 271 g/mol. The molecule has 1 amide bonds. The van der Waals surface area contributed by atoms with Crippen molar-refractivity contribution in [1.29, 1.82) is 0 Å². The SMILES string of the molecule is Cc1ccccc1CNC(=O)CCc1ccc(F)cc1. The molecule has 2 rings (SSSR count). The van der Waals surface area contributed by atoms with Gasteiger partial charge >= 0.3 is 0 Å². The van der Waals surface area contributed by atoms with Gasteiger partial charge in [0.1, 0.15) is 5.82 Å². The van der Waals surface area contributed by atoms with Crippen molar-refractivity contribution in [2.24, 2.45) is 0 Å². The second kappa shape index (κ2) is 6.85. The van der Waals surface area contributed by atoms with E-state index in [2.05, 4.69) is 5.32 Å². The molecule has 2 aromatic rings. The molecular weight excluding hydrogens is 253 g/mol. The van der Waals surface area contributed by atoms with Crippen molar-refractivity contribution in [3.05, 3.63) is 71.0 Å². The van der Waals surface area contributed by atoms with Crippen LogP contribution < -0.4 is 5.32 Å². The van der Waals surface area contributed by atoms with Crippen LogP contribution in [0.5, 0.6) is 0 Å². The van der Waals surface area contributed by atoms with Gasteiger partial charge in [0.25, 0.3) is 0 Å². The number of aryl methyl sites for hydroxylation is 2. The third-order valence-electron chi connectivity index (χ3n) is 3.29. The number of halogens is 1. The molecule has 104 valence electrons. The van der Waals surface area contributed by atoms with Gasteiger partial charge in [0.05, 0.1) is 0 Å². The summed E-state index contributed by atoms with van der Waals surface area (Å²) >= 11 is 0. The maximum absolute atomic E-state index is 12.8. The van der Waals surface area contributed by atoms with Gasteiger partial charge in [-0.15, -0.1) is 0 Å². The number of benzene rings is 2. The minimum Gasteiger partial charge on any atom is -0.352 e. The van der Waals surface area contributed by atoms with Crippen LogP contribution in [0.2, 0.25) is 0 Å². The molecule has 3 heteroatoms. The Labute approximate surface area is 118 Å². The second-order valence-electron chi connectivity index (χ2n) is 4.83. The van der Waals surface area contributed by atoms with E-state index in [9.17, 15) is 9.18 Å². The molecule has 20 heavy (non-hydrogen) atoms. The molecule has 2 aromatic carbocycles. The van der Waals surface area contributed by atoms with E-state index < -0.39 is 0 Å². The highest BCUT2D eigenvalue weighted by Gasteiger charge is 2.03. The Balaban J connectivity index is 1.78. The summed E-state index contributed by atoms with van der Waals surface area (Å²) in [6, 6.07) is 14.2. The summed E-state index contributed by atoms with van der Waals surface area (Å²) < 4.78 is 12.8. The van der Waals surface area contributed by atoms with Gasteiger partial charge < -0.3 is 5.32 Å². The molecule has 0 heterocycles. The van der Waals surface area contributed by atoms with Gasteiger partial charge in [-0.1, -0.05) is 36.4 Å². The lowest BCUT2D eigenvalue weighted by atomic mass is 10.1. The van der Waals surface area contributed by atoms with Crippen LogP contribution in [-0.4, -0.2) is 5.91 Å². The molecule has 1 N–H and O–H groups in total. The lowest BCUT2D eigenvalue weighted by molar-refractivity contribution is -0.121. The first-order chi connectivity index (χ1) is 9.65. The van der Waals surface area contributed by atoms with Crippen molar-refractivity contribution in [1.82, 2.24) is 5.32 Å². The smallest absolute Gasteiger partial charge is 0.220 e. The summed E-state index contributed by atoms with van der Waals surface area (Å²) in [4.78, 5) is 11.8.